The summed E-state index contributed by atoms with van der Waals surface area (Å²) in [6.07, 6.45) is 1.21. The van der Waals surface area contributed by atoms with Crippen LogP contribution >= 0.6 is 0 Å². The Morgan fingerprint density at radius 3 is 2.73 bits per heavy atom. The second-order valence-corrected chi connectivity index (χ2v) is 5.13. The minimum Gasteiger partial charge on any atom is -0.481 e. The molecule has 0 bridgehead atoms. The van der Waals surface area contributed by atoms with Gasteiger partial charge in [-0.2, -0.15) is 0 Å². The molecule has 1 aromatic heterocycles. The minimum absolute atomic E-state index is 0.0386. The molecule has 1 aromatic carbocycles. The van der Waals surface area contributed by atoms with Gasteiger partial charge >= 0.3 is 5.97 Å². The normalized spacial score (nSPS) is 12.0. The van der Waals surface area contributed by atoms with Gasteiger partial charge in [0.25, 0.3) is 11.5 Å². The smallest absolute Gasteiger partial charge is 0.308 e. The van der Waals surface area contributed by atoms with Crippen LogP contribution in [0.1, 0.15) is 30.3 Å². The predicted molar refractivity (Wildman–Crippen MR) is 82.9 cm³/mol. The van der Waals surface area contributed by atoms with Crippen molar-refractivity contribution in [1.29, 1.82) is 0 Å². The van der Waals surface area contributed by atoms with Crippen LogP contribution in [0, 0.1) is 5.92 Å². The van der Waals surface area contributed by atoms with E-state index in [0.29, 0.717) is 17.2 Å². The number of amides is 1. The van der Waals surface area contributed by atoms with E-state index in [1.165, 1.54) is 0 Å². The molecule has 1 amide bonds. The van der Waals surface area contributed by atoms with Gasteiger partial charge in [-0.05, 0) is 23.9 Å². The zero-order chi connectivity index (χ0) is 16.1. The second kappa shape index (κ2) is 6.89. The molecule has 0 aliphatic heterocycles. The van der Waals surface area contributed by atoms with Gasteiger partial charge in [0.15, 0.2) is 0 Å². The Kier molecular flexibility index (Phi) is 4.93. The number of carbonyl (C=O) groups is 2. The van der Waals surface area contributed by atoms with Crippen molar-refractivity contribution in [3.63, 3.8) is 0 Å². The highest BCUT2D eigenvalue weighted by atomic mass is 16.4. The molecule has 0 radical (unpaired) electrons. The Morgan fingerprint density at radius 2 is 2.05 bits per heavy atom. The third-order valence-electron chi connectivity index (χ3n) is 3.49. The first-order valence-electron chi connectivity index (χ1n) is 7.16. The van der Waals surface area contributed by atoms with Gasteiger partial charge in [0, 0.05) is 11.9 Å². The monoisotopic (exact) mass is 302 g/mol. The summed E-state index contributed by atoms with van der Waals surface area (Å²) in [7, 11) is 0. The van der Waals surface area contributed by atoms with Crippen molar-refractivity contribution < 1.29 is 14.7 Å². The summed E-state index contributed by atoms with van der Waals surface area (Å²) >= 11 is 0. The van der Waals surface area contributed by atoms with E-state index in [2.05, 4.69) is 10.3 Å². The first-order chi connectivity index (χ1) is 10.5. The van der Waals surface area contributed by atoms with Crippen LogP contribution in [0.3, 0.4) is 0 Å². The number of rotatable bonds is 6. The fourth-order valence-corrected chi connectivity index (χ4v) is 2.31. The number of carboxylic acids is 1. The van der Waals surface area contributed by atoms with Gasteiger partial charge in [-0.1, -0.05) is 31.5 Å². The van der Waals surface area contributed by atoms with Crippen LogP contribution in [-0.4, -0.2) is 28.5 Å². The van der Waals surface area contributed by atoms with Crippen molar-refractivity contribution >= 4 is 22.6 Å². The summed E-state index contributed by atoms with van der Waals surface area (Å²) in [6, 6.07) is 8.54. The largest absolute Gasteiger partial charge is 0.481 e. The van der Waals surface area contributed by atoms with Crippen molar-refractivity contribution in [2.24, 2.45) is 5.92 Å². The summed E-state index contributed by atoms with van der Waals surface area (Å²) in [5, 5.41) is 12.8. The Labute approximate surface area is 127 Å². The van der Waals surface area contributed by atoms with E-state index in [-0.39, 0.29) is 17.8 Å². The molecule has 0 aliphatic rings. The highest BCUT2D eigenvalue weighted by Gasteiger charge is 2.18. The second-order valence-electron chi connectivity index (χ2n) is 5.13. The molecule has 1 atom stereocenters. The molecule has 2 aromatic rings. The molecule has 6 heteroatoms. The maximum absolute atomic E-state index is 12.1. The molecule has 0 saturated heterocycles. The fraction of sp³-hybridized carbons (Fsp3) is 0.312. The molecule has 3 N–H and O–H groups in total. The summed E-state index contributed by atoms with van der Waals surface area (Å²) in [5.74, 6) is -2.04. The van der Waals surface area contributed by atoms with Crippen LogP contribution in [0.2, 0.25) is 0 Å². The lowest BCUT2D eigenvalue weighted by atomic mass is 10.0. The van der Waals surface area contributed by atoms with Crippen LogP contribution in [-0.2, 0) is 4.79 Å². The molecule has 6 nitrogen and oxygen atoms in total. The van der Waals surface area contributed by atoms with E-state index in [1.807, 2.05) is 6.92 Å². The molecule has 1 heterocycles. The molecule has 0 fully saturated rings. The number of fused-ring (bicyclic) bond motifs is 1. The van der Waals surface area contributed by atoms with Gasteiger partial charge in [0.1, 0.15) is 5.69 Å². The molecular formula is C16H18N2O4. The van der Waals surface area contributed by atoms with E-state index in [9.17, 15) is 14.4 Å². The van der Waals surface area contributed by atoms with Gasteiger partial charge in [-0.15, -0.1) is 0 Å². The Hall–Kier alpha value is -2.63. The van der Waals surface area contributed by atoms with Gasteiger partial charge in [-0.25, -0.2) is 0 Å². The number of aromatic amines is 1. The number of pyridine rings is 1. The lowest BCUT2D eigenvalue weighted by molar-refractivity contribution is -0.141. The first-order valence-corrected chi connectivity index (χ1v) is 7.16. The van der Waals surface area contributed by atoms with E-state index >= 15 is 0 Å². The van der Waals surface area contributed by atoms with Gasteiger partial charge in [0.05, 0.1) is 5.92 Å². The van der Waals surface area contributed by atoms with Crippen molar-refractivity contribution in [2.75, 3.05) is 6.54 Å². The number of H-pyrrole nitrogens is 1. The van der Waals surface area contributed by atoms with E-state index < -0.39 is 17.8 Å². The number of nitrogens with one attached hydrogen (secondary N) is 2. The fourth-order valence-electron chi connectivity index (χ4n) is 2.31. The summed E-state index contributed by atoms with van der Waals surface area (Å²) in [5.41, 5.74) is -0.212. The third kappa shape index (κ3) is 3.52. The topological polar surface area (TPSA) is 99.3 Å². The van der Waals surface area contributed by atoms with Crippen molar-refractivity contribution in [2.45, 2.75) is 19.8 Å². The van der Waals surface area contributed by atoms with Crippen molar-refractivity contribution in [3.8, 4) is 0 Å². The molecule has 116 valence electrons. The Bertz CT molecular complexity index is 751. The predicted octanol–water partition coefficient (Wildman–Crippen LogP) is 1.76. The maximum atomic E-state index is 12.1. The van der Waals surface area contributed by atoms with Gasteiger partial charge in [-0.3, -0.25) is 14.4 Å². The molecule has 0 spiro atoms. The zero-order valence-corrected chi connectivity index (χ0v) is 12.3. The lowest BCUT2D eigenvalue weighted by Gasteiger charge is -2.12. The van der Waals surface area contributed by atoms with Crippen molar-refractivity contribution in [1.82, 2.24) is 10.3 Å². The molecule has 0 saturated carbocycles. The average molecular weight is 302 g/mol. The molecule has 2 rings (SSSR count). The quantitative estimate of drug-likeness (QED) is 0.757. The first kappa shape index (κ1) is 15.8. The Balaban J connectivity index is 2.16. The third-order valence-corrected chi connectivity index (χ3v) is 3.49. The van der Waals surface area contributed by atoms with Gasteiger partial charge in [0.2, 0.25) is 0 Å². The van der Waals surface area contributed by atoms with E-state index in [4.69, 9.17) is 5.11 Å². The zero-order valence-electron chi connectivity index (χ0n) is 12.3. The number of carbonyl (C=O) groups excluding carboxylic acids is 1. The van der Waals surface area contributed by atoms with E-state index in [1.54, 1.807) is 30.3 Å². The van der Waals surface area contributed by atoms with Gasteiger partial charge < -0.3 is 15.4 Å². The molecule has 22 heavy (non-hydrogen) atoms. The highest BCUT2D eigenvalue weighted by Crippen LogP contribution is 2.10. The number of hydrogen-bond donors (Lipinski definition) is 3. The average Bonchev–Trinajstić information content (AvgIpc) is 2.50. The maximum Gasteiger partial charge on any atom is 0.308 e. The van der Waals surface area contributed by atoms with Crippen molar-refractivity contribution in [3.05, 3.63) is 46.4 Å². The highest BCUT2D eigenvalue weighted by molar-refractivity contribution is 5.96. The standard InChI is InChI=1S/C16H18N2O4/c1-2-5-11(16(21)22)9-17-15(20)13-8-10-6-3-4-7-12(10)14(19)18-13/h3-4,6-8,11H,2,5,9H2,1H3,(H,17,20)(H,18,19)(H,21,22). The summed E-state index contributed by atoms with van der Waals surface area (Å²) in [6.45, 7) is 1.93. The number of carboxylic acid groups (broad SMARTS) is 1. The molecule has 1 unspecified atom stereocenters. The van der Waals surface area contributed by atoms with Crippen LogP contribution in [0.5, 0.6) is 0 Å². The molecule has 0 aliphatic carbocycles. The van der Waals surface area contributed by atoms with Crippen LogP contribution in [0.15, 0.2) is 35.1 Å². The Morgan fingerprint density at radius 1 is 1.32 bits per heavy atom. The SMILES string of the molecule is CCCC(CNC(=O)c1cc2ccccc2c(=O)[nH]1)C(=O)O. The molecular weight excluding hydrogens is 284 g/mol. The van der Waals surface area contributed by atoms with Crippen LogP contribution in [0.25, 0.3) is 10.8 Å². The van der Waals surface area contributed by atoms with Crippen LogP contribution in [0.4, 0.5) is 0 Å². The summed E-state index contributed by atoms with van der Waals surface area (Å²) < 4.78 is 0. The minimum atomic E-state index is -0.936. The lowest BCUT2D eigenvalue weighted by Crippen LogP contribution is -2.34. The van der Waals surface area contributed by atoms with E-state index in [0.717, 1.165) is 6.42 Å². The number of aliphatic carboxylic acids is 1. The number of aromatic nitrogens is 1. The van der Waals surface area contributed by atoms with Crippen LogP contribution < -0.4 is 10.9 Å². The summed E-state index contributed by atoms with van der Waals surface area (Å²) in [4.78, 5) is 37.6. The number of hydrogen-bond acceptors (Lipinski definition) is 3. The number of benzene rings is 1.